The number of rotatable bonds is 12. The van der Waals surface area contributed by atoms with E-state index in [4.69, 9.17) is 42.7 Å². The Bertz CT molecular complexity index is 588. The van der Waals surface area contributed by atoms with Gasteiger partial charge in [-0.15, -0.1) is 33.2 Å². The quantitative estimate of drug-likeness (QED) is 0.134. The van der Waals surface area contributed by atoms with Crippen molar-refractivity contribution in [2.75, 3.05) is 20.3 Å². The predicted octanol–water partition coefficient (Wildman–Crippen LogP) is 5.87. The number of methoxy groups -OCH3 is 1. The Morgan fingerprint density at radius 3 is 2.42 bits per heavy atom. The lowest BCUT2D eigenvalue weighted by atomic mass is 10.2. The molecule has 1 aromatic rings. The van der Waals surface area contributed by atoms with Crippen LogP contribution < -0.4 is 9.47 Å². The molecule has 4 nitrogen and oxygen atoms in total. The monoisotopic (exact) mass is 438 g/mol. The molecular weight excluding hydrogens is 415 g/mol. The van der Waals surface area contributed by atoms with E-state index in [1.165, 1.54) is 13.2 Å². The highest BCUT2D eigenvalue weighted by molar-refractivity contribution is 7.64. The van der Waals surface area contributed by atoms with Gasteiger partial charge in [0.15, 0.2) is 11.5 Å². The lowest BCUT2D eigenvalue weighted by molar-refractivity contribution is -0.134. The Morgan fingerprint density at radius 1 is 1.08 bits per heavy atom. The second-order valence-electron chi connectivity index (χ2n) is 5.69. The second-order valence-corrected chi connectivity index (χ2v) is 15.0. The molecule has 0 radical (unpaired) electrons. The zero-order chi connectivity index (χ0) is 19.4. The molecule has 0 saturated carbocycles. The van der Waals surface area contributed by atoms with E-state index in [0.29, 0.717) is 30.8 Å². The number of hydrogen-bond donors (Lipinski definition) is 0. The minimum Gasteiger partial charge on any atom is -0.490 e. The van der Waals surface area contributed by atoms with Gasteiger partial charge in [0, 0.05) is 6.08 Å². The van der Waals surface area contributed by atoms with E-state index in [1.54, 1.807) is 6.08 Å². The average molecular weight is 440 g/mol. The van der Waals surface area contributed by atoms with Crippen molar-refractivity contribution in [3.8, 4) is 11.5 Å². The minimum atomic E-state index is -2.56. The molecule has 0 aliphatic carbocycles. The van der Waals surface area contributed by atoms with Gasteiger partial charge in [0.1, 0.15) is 0 Å². The van der Waals surface area contributed by atoms with Gasteiger partial charge >= 0.3 is 12.0 Å². The van der Waals surface area contributed by atoms with Crippen LogP contribution in [0.25, 0.3) is 6.08 Å². The van der Waals surface area contributed by atoms with E-state index in [9.17, 15) is 4.79 Å². The van der Waals surface area contributed by atoms with Crippen molar-refractivity contribution in [1.29, 1.82) is 0 Å². The fraction of sp³-hybridized carbons (Fsp3) is 0.500. The lowest BCUT2D eigenvalue weighted by Gasteiger charge is -2.14. The third-order valence-corrected chi connectivity index (χ3v) is 6.07. The van der Waals surface area contributed by atoms with Gasteiger partial charge in [-0.25, -0.2) is 4.79 Å². The molecular formula is C18H25Cl3O4Si. The zero-order valence-electron chi connectivity index (χ0n) is 15.1. The van der Waals surface area contributed by atoms with Crippen molar-refractivity contribution in [2.24, 2.45) is 0 Å². The largest absolute Gasteiger partial charge is 0.490 e. The van der Waals surface area contributed by atoms with Crippen molar-refractivity contribution in [2.45, 2.75) is 38.7 Å². The van der Waals surface area contributed by atoms with Gasteiger partial charge in [0.25, 0.3) is 0 Å². The number of unbranched alkanes of at least 4 members (excludes halogenated alkanes) is 2. The van der Waals surface area contributed by atoms with Crippen LogP contribution in [-0.4, -0.2) is 32.3 Å². The molecule has 0 atom stereocenters. The van der Waals surface area contributed by atoms with Crippen LogP contribution in [0, 0.1) is 0 Å². The molecule has 0 aromatic heterocycles. The fourth-order valence-corrected chi connectivity index (χ4v) is 3.88. The molecule has 0 aliphatic rings. The van der Waals surface area contributed by atoms with Crippen molar-refractivity contribution < 1.29 is 19.0 Å². The smallest absolute Gasteiger partial charge is 0.341 e. The third-order valence-electron chi connectivity index (χ3n) is 3.45. The molecule has 26 heavy (non-hydrogen) atoms. The molecule has 0 spiro atoms. The molecule has 0 heterocycles. The summed E-state index contributed by atoms with van der Waals surface area (Å²) in [5.41, 5.74) is 0.830. The van der Waals surface area contributed by atoms with Gasteiger partial charge in [-0.05, 0) is 49.1 Å². The summed E-state index contributed by atoms with van der Waals surface area (Å²) < 4.78 is 16.3. The van der Waals surface area contributed by atoms with Crippen molar-refractivity contribution in [3.05, 3.63) is 29.8 Å². The normalized spacial score (nSPS) is 11.6. The van der Waals surface area contributed by atoms with Crippen molar-refractivity contribution in [3.63, 3.8) is 0 Å². The molecule has 0 saturated heterocycles. The van der Waals surface area contributed by atoms with E-state index >= 15 is 0 Å². The number of ether oxygens (including phenoxy) is 3. The standard InChI is InChI=1S/C18H25Cl3O4Si/c1-3-4-11-25-17-14-15(8-10-18(22)23-2)7-9-16(17)24-12-5-6-13-26(19,20)21/h7-10,14H,3-6,11-13H2,1-2H3/b10-8+. The maximum atomic E-state index is 11.2. The van der Waals surface area contributed by atoms with Crippen LogP contribution >= 0.6 is 33.2 Å². The van der Waals surface area contributed by atoms with Gasteiger partial charge in [-0.3, -0.25) is 0 Å². The molecule has 0 aliphatic heterocycles. The summed E-state index contributed by atoms with van der Waals surface area (Å²) in [5.74, 6) is 0.917. The Balaban J connectivity index is 2.69. The zero-order valence-corrected chi connectivity index (χ0v) is 18.4. The van der Waals surface area contributed by atoms with Crippen LogP contribution in [0.4, 0.5) is 0 Å². The van der Waals surface area contributed by atoms with Gasteiger partial charge in [-0.2, -0.15) is 0 Å². The summed E-state index contributed by atoms with van der Waals surface area (Å²) in [6.07, 6.45) is 6.66. The lowest BCUT2D eigenvalue weighted by Crippen LogP contribution is -2.09. The summed E-state index contributed by atoms with van der Waals surface area (Å²) in [5, 5.41) is 0. The summed E-state index contributed by atoms with van der Waals surface area (Å²) in [6.45, 7) is 3.23. The van der Waals surface area contributed by atoms with Gasteiger partial charge < -0.3 is 14.2 Å². The Labute approximate surface area is 170 Å². The first-order valence-corrected chi connectivity index (χ1v) is 13.8. The topological polar surface area (TPSA) is 44.8 Å². The molecule has 0 bridgehead atoms. The van der Waals surface area contributed by atoms with Crippen LogP contribution in [0.2, 0.25) is 6.04 Å². The number of benzene rings is 1. The van der Waals surface area contributed by atoms with E-state index in [-0.39, 0.29) is 0 Å². The maximum Gasteiger partial charge on any atom is 0.341 e. The average Bonchev–Trinajstić information content (AvgIpc) is 2.59. The first-order chi connectivity index (χ1) is 12.4. The van der Waals surface area contributed by atoms with Gasteiger partial charge in [0.05, 0.1) is 20.3 Å². The summed E-state index contributed by atoms with van der Waals surface area (Å²) in [7, 11) is 1.34. The molecule has 0 amide bonds. The van der Waals surface area contributed by atoms with Crippen molar-refractivity contribution >= 4 is 51.3 Å². The van der Waals surface area contributed by atoms with E-state index in [0.717, 1.165) is 31.2 Å². The number of carbonyl (C=O) groups is 1. The first-order valence-electron chi connectivity index (χ1n) is 8.58. The molecule has 0 fully saturated rings. The van der Waals surface area contributed by atoms with Crippen molar-refractivity contribution in [1.82, 2.24) is 0 Å². The fourth-order valence-electron chi connectivity index (χ4n) is 2.03. The van der Waals surface area contributed by atoms with E-state index in [2.05, 4.69) is 11.7 Å². The molecule has 1 rings (SSSR count). The molecule has 8 heteroatoms. The van der Waals surface area contributed by atoms with Gasteiger partial charge in [0.2, 0.25) is 0 Å². The molecule has 1 aromatic carbocycles. The number of carbonyl (C=O) groups excluding carboxylic acids is 1. The highest BCUT2D eigenvalue weighted by Crippen LogP contribution is 2.30. The van der Waals surface area contributed by atoms with Crippen LogP contribution in [0.5, 0.6) is 11.5 Å². The molecule has 146 valence electrons. The highest BCUT2D eigenvalue weighted by atomic mass is 35.8. The van der Waals surface area contributed by atoms with Crippen LogP contribution in [0.1, 0.15) is 38.2 Å². The Hall–Kier alpha value is -0.883. The Morgan fingerprint density at radius 2 is 1.77 bits per heavy atom. The predicted molar refractivity (Wildman–Crippen MR) is 111 cm³/mol. The SMILES string of the molecule is CCCCOc1cc(/C=C/C(=O)OC)ccc1OCCCC[Si](Cl)(Cl)Cl. The van der Waals surface area contributed by atoms with Crippen LogP contribution in [-0.2, 0) is 9.53 Å². The van der Waals surface area contributed by atoms with E-state index < -0.39 is 12.0 Å². The maximum absolute atomic E-state index is 11.2. The molecule has 0 N–H and O–H groups in total. The number of hydrogen-bond acceptors (Lipinski definition) is 4. The number of esters is 1. The highest BCUT2D eigenvalue weighted by Gasteiger charge is 2.23. The first kappa shape index (κ1) is 23.2. The van der Waals surface area contributed by atoms with Crippen LogP contribution in [0.3, 0.4) is 0 Å². The van der Waals surface area contributed by atoms with Crippen LogP contribution in [0.15, 0.2) is 24.3 Å². The second kappa shape index (κ2) is 12.5. The third kappa shape index (κ3) is 10.3. The van der Waals surface area contributed by atoms with Gasteiger partial charge in [-0.1, -0.05) is 19.4 Å². The molecule has 0 unspecified atom stereocenters. The van der Waals surface area contributed by atoms with E-state index in [1.807, 2.05) is 18.2 Å². The summed E-state index contributed by atoms with van der Waals surface area (Å²) in [6, 6.07) is 3.60. The Kier molecular flexibility index (Phi) is 11.1. The summed E-state index contributed by atoms with van der Waals surface area (Å²) >= 11 is 17.6. The summed E-state index contributed by atoms with van der Waals surface area (Å²) in [4.78, 5) is 11.2. The minimum absolute atomic E-state index is 0.406. The number of halogens is 3.